The lowest BCUT2D eigenvalue weighted by Crippen LogP contribution is -2.30. The van der Waals surface area contributed by atoms with E-state index in [9.17, 15) is 13.2 Å². The molecule has 1 atom stereocenters. The minimum absolute atomic E-state index is 0.0331. The molecule has 0 aromatic carbocycles. The van der Waals surface area contributed by atoms with E-state index in [0.29, 0.717) is 24.5 Å². The Labute approximate surface area is 98.0 Å². The average Bonchev–Trinajstić information content (AvgIpc) is 2.67. The minimum Gasteiger partial charge on any atom is -0.330 e. The molecule has 0 saturated heterocycles. The fourth-order valence-corrected chi connectivity index (χ4v) is 1.63. The molecule has 0 aliphatic heterocycles. The van der Waals surface area contributed by atoms with Crippen LogP contribution in [-0.4, -0.2) is 27.5 Å². The van der Waals surface area contributed by atoms with Crippen LogP contribution in [-0.2, 0) is 12.8 Å². The number of hydrogen-bond donors (Lipinski definition) is 1. The van der Waals surface area contributed by atoms with Crippen LogP contribution >= 0.6 is 0 Å². The Bertz CT molecular complexity index is 359. The largest absolute Gasteiger partial charge is 0.410 e. The maximum atomic E-state index is 12.9. The lowest BCUT2D eigenvalue weighted by molar-refractivity contribution is -0.172. The molecule has 7 heteroatoms. The van der Waals surface area contributed by atoms with Crippen LogP contribution in [0.25, 0.3) is 0 Å². The Hall–Kier alpha value is -1.11. The topological polar surface area (TPSA) is 56.7 Å². The molecule has 1 heterocycles. The number of hydrogen-bond acceptors (Lipinski definition) is 3. The third-order valence-corrected chi connectivity index (χ3v) is 2.49. The van der Waals surface area contributed by atoms with E-state index in [-0.39, 0.29) is 13.0 Å². The van der Waals surface area contributed by atoms with E-state index in [0.717, 1.165) is 4.68 Å². The molecule has 4 nitrogen and oxygen atoms in total. The highest BCUT2D eigenvalue weighted by Gasteiger charge is 2.42. The molecule has 1 rings (SSSR count). The second-order valence-electron chi connectivity index (χ2n) is 3.73. The molecule has 2 N–H and O–H groups in total. The van der Waals surface area contributed by atoms with Crippen LogP contribution < -0.4 is 5.73 Å². The van der Waals surface area contributed by atoms with E-state index in [1.54, 1.807) is 6.92 Å². The Kier molecular flexibility index (Phi) is 4.50. The summed E-state index contributed by atoms with van der Waals surface area (Å²) < 4.78 is 39.6. The van der Waals surface area contributed by atoms with Crippen LogP contribution in [0.2, 0.25) is 0 Å². The van der Waals surface area contributed by atoms with Gasteiger partial charge in [-0.25, -0.2) is 9.67 Å². The van der Waals surface area contributed by atoms with Crippen molar-refractivity contribution >= 4 is 0 Å². The van der Waals surface area contributed by atoms with Gasteiger partial charge in [0.05, 0.1) is 0 Å². The molecule has 0 fully saturated rings. The molecule has 1 unspecified atom stereocenters. The Morgan fingerprint density at radius 2 is 1.94 bits per heavy atom. The first-order valence-corrected chi connectivity index (χ1v) is 5.65. The molecule has 0 spiro atoms. The first-order chi connectivity index (χ1) is 7.93. The third kappa shape index (κ3) is 3.18. The summed E-state index contributed by atoms with van der Waals surface area (Å²) in [5.41, 5.74) is 5.23. The molecule has 1 aromatic rings. The van der Waals surface area contributed by atoms with Crippen molar-refractivity contribution in [3.05, 3.63) is 11.6 Å². The summed E-state index contributed by atoms with van der Waals surface area (Å²) in [5, 5.41) is 3.91. The number of aromatic nitrogens is 3. The number of aryl methyl sites for hydroxylation is 2. The van der Waals surface area contributed by atoms with E-state index in [2.05, 4.69) is 10.1 Å². The molecule has 0 aliphatic carbocycles. The van der Waals surface area contributed by atoms with Crippen LogP contribution in [0.15, 0.2) is 0 Å². The first-order valence-electron chi connectivity index (χ1n) is 5.65. The molecule has 0 radical (unpaired) electrons. The van der Waals surface area contributed by atoms with Crippen molar-refractivity contribution in [3.63, 3.8) is 0 Å². The number of nitrogens with zero attached hydrogens (tertiary/aromatic N) is 3. The maximum Gasteiger partial charge on any atom is 0.410 e. The number of rotatable bonds is 5. The van der Waals surface area contributed by atoms with Gasteiger partial charge in [0.15, 0.2) is 11.9 Å². The van der Waals surface area contributed by atoms with E-state index < -0.39 is 12.2 Å². The SMILES string of the molecule is CCc1nc(CC)n(C(CCN)C(F)(F)F)n1. The molecule has 17 heavy (non-hydrogen) atoms. The Morgan fingerprint density at radius 3 is 2.35 bits per heavy atom. The van der Waals surface area contributed by atoms with Crippen LogP contribution in [0, 0.1) is 0 Å². The molecule has 0 saturated carbocycles. The lowest BCUT2D eigenvalue weighted by Gasteiger charge is -2.21. The quantitative estimate of drug-likeness (QED) is 0.867. The number of nitrogens with two attached hydrogens (primary N) is 1. The fourth-order valence-electron chi connectivity index (χ4n) is 1.63. The van der Waals surface area contributed by atoms with Gasteiger partial charge in [-0.05, 0) is 13.0 Å². The standard InChI is InChI=1S/C10H17F3N4/c1-3-8-15-9(4-2)17(16-8)7(5-6-14)10(11,12)13/h7H,3-6,14H2,1-2H3. The number of halogens is 3. The van der Waals surface area contributed by atoms with Crippen molar-refractivity contribution < 1.29 is 13.2 Å². The summed E-state index contributed by atoms with van der Waals surface area (Å²) in [7, 11) is 0. The van der Waals surface area contributed by atoms with Gasteiger partial charge in [-0.3, -0.25) is 0 Å². The molecule has 0 bridgehead atoms. The van der Waals surface area contributed by atoms with Gasteiger partial charge in [0, 0.05) is 12.8 Å². The van der Waals surface area contributed by atoms with E-state index in [4.69, 9.17) is 5.73 Å². The Balaban J connectivity index is 3.12. The molecule has 1 aromatic heterocycles. The van der Waals surface area contributed by atoms with Gasteiger partial charge in [-0.1, -0.05) is 13.8 Å². The van der Waals surface area contributed by atoms with E-state index >= 15 is 0 Å². The zero-order valence-electron chi connectivity index (χ0n) is 9.96. The van der Waals surface area contributed by atoms with E-state index in [1.807, 2.05) is 6.92 Å². The van der Waals surface area contributed by atoms with Gasteiger partial charge in [0.2, 0.25) is 0 Å². The van der Waals surface area contributed by atoms with Crippen molar-refractivity contribution in [1.29, 1.82) is 0 Å². The van der Waals surface area contributed by atoms with Crippen molar-refractivity contribution in [3.8, 4) is 0 Å². The van der Waals surface area contributed by atoms with Crippen LogP contribution in [0.5, 0.6) is 0 Å². The zero-order chi connectivity index (χ0) is 13.1. The van der Waals surface area contributed by atoms with Crippen LogP contribution in [0.1, 0.15) is 38.0 Å². The predicted octanol–water partition coefficient (Wildman–Crippen LogP) is 1.86. The second-order valence-corrected chi connectivity index (χ2v) is 3.73. The summed E-state index contributed by atoms with van der Waals surface area (Å²) in [5.74, 6) is 0.797. The van der Waals surface area contributed by atoms with Gasteiger partial charge in [0.25, 0.3) is 0 Å². The monoisotopic (exact) mass is 250 g/mol. The van der Waals surface area contributed by atoms with Gasteiger partial charge in [-0.2, -0.15) is 18.3 Å². The molecule has 0 aliphatic rings. The van der Waals surface area contributed by atoms with Crippen molar-refractivity contribution in [2.75, 3.05) is 6.54 Å². The number of alkyl halides is 3. The highest BCUT2D eigenvalue weighted by molar-refractivity contribution is 4.96. The smallest absolute Gasteiger partial charge is 0.330 e. The van der Waals surface area contributed by atoms with Gasteiger partial charge >= 0.3 is 6.18 Å². The average molecular weight is 250 g/mol. The minimum atomic E-state index is -4.35. The fraction of sp³-hybridized carbons (Fsp3) is 0.800. The lowest BCUT2D eigenvalue weighted by atomic mass is 10.2. The molecule has 0 amide bonds. The van der Waals surface area contributed by atoms with Crippen LogP contribution in [0.3, 0.4) is 0 Å². The maximum absolute atomic E-state index is 12.9. The molecular weight excluding hydrogens is 233 g/mol. The van der Waals surface area contributed by atoms with Crippen molar-refractivity contribution in [2.45, 2.75) is 45.3 Å². The normalized spacial score (nSPS) is 14.0. The highest BCUT2D eigenvalue weighted by Crippen LogP contribution is 2.33. The van der Waals surface area contributed by atoms with Gasteiger partial charge < -0.3 is 5.73 Å². The third-order valence-electron chi connectivity index (χ3n) is 2.49. The van der Waals surface area contributed by atoms with Gasteiger partial charge in [0.1, 0.15) is 5.82 Å². The van der Waals surface area contributed by atoms with Crippen LogP contribution in [0.4, 0.5) is 13.2 Å². The Morgan fingerprint density at radius 1 is 1.29 bits per heavy atom. The summed E-state index contributed by atoms with van der Waals surface area (Å²) in [6.07, 6.45) is -3.58. The summed E-state index contributed by atoms with van der Waals surface area (Å²) in [6.45, 7) is 3.54. The summed E-state index contributed by atoms with van der Waals surface area (Å²) >= 11 is 0. The molecular formula is C10H17F3N4. The van der Waals surface area contributed by atoms with Crippen molar-refractivity contribution in [1.82, 2.24) is 14.8 Å². The zero-order valence-corrected chi connectivity index (χ0v) is 9.96. The first kappa shape index (κ1) is 14.0. The van der Waals surface area contributed by atoms with Gasteiger partial charge in [-0.15, -0.1) is 0 Å². The molecule has 98 valence electrons. The second kappa shape index (κ2) is 5.48. The summed E-state index contributed by atoms with van der Waals surface area (Å²) in [6, 6.07) is -1.67. The predicted molar refractivity (Wildman–Crippen MR) is 57.5 cm³/mol. The summed E-state index contributed by atoms with van der Waals surface area (Å²) in [4.78, 5) is 4.07. The highest BCUT2D eigenvalue weighted by atomic mass is 19.4. The van der Waals surface area contributed by atoms with E-state index in [1.165, 1.54) is 0 Å². The van der Waals surface area contributed by atoms with Crippen molar-refractivity contribution in [2.24, 2.45) is 5.73 Å².